The van der Waals surface area contributed by atoms with Gasteiger partial charge in [-0.2, -0.15) is 0 Å². The van der Waals surface area contributed by atoms with Crippen molar-refractivity contribution in [2.45, 2.75) is 37.3 Å². The Balaban J connectivity index is 2.47. The molecule has 3 N–H and O–H groups in total. The van der Waals surface area contributed by atoms with Crippen LogP contribution in [0.25, 0.3) is 0 Å². The Bertz CT molecular complexity index is 399. The number of nitrogens with two attached hydrogens (primary N) is 1. The summed E-state index contributed by atoms with van der Waals surface area (Å²) in [5.74, 6) is 1.32. The minimum absolute atomic E-state index is 0.0263. The van der Waals surface area contributed by atoms with Gasteiger partial charge in [0.1, 0.15) is 11.5 Å². The number of hydrogen-bond acceptors (Lipinski definition) is 4. The summed E-state index contributed by atoms with van der Waals surface area (Å²) in [5.41, 5.74) is 5.77. The lowest BCUT2D eigenvalue weighted by molar-refractivity contribution is -0.0109. The van der Waals surface area contributed by atoms with Crippen LogP contribution in [0.15, 0.2) is 18.2 Å². The van der Waals surface area contributed by atoms with Gasteiger partial charge in [0, 0.05) is 6.04 Å². The van der Waals surface area contributed by atoms with Crippen LogP contribution in [0.1, 0.15) is 31.2 Å². The molecule has 1 aromatic carbocycles. The van der Waals surface area contributed by atoms with E-state index >= 15 is 0 Å². The number of hydrogen-bond donors (Lipinski definition) is 2. The average Bonchev–Trinajstić information content (AvgIpc) is 2.37. The fourth-order valence-electron chi connectivity index (χ4n) is 2.83. The van der Waals surface area contributed by atoms with Crippen LogP contribution in [0.2, 0.25) is 0 Å². The van der Waals surface area contributed by atoms with E-state index in [0.717, 1.165) is 18.4 Å². The van der Waals surface area contributed by atoms with Crippen molar-refractivity contribution in [1.29, 1.82) is 0 Å². The molecule has 2 unspecified atom stereocenters. The Morgan fingerprint density at radius 1 is 1.28 bits per heavy atom. The van der Waals surface area contributed by atoms with E-state index in [1.165, 1.54) is 0 Å². The zero-order valence-electron chi connectivity index (χ0n) is 11.0. The lowest BCUT2D eigenvalue weighted by atomic mass is 9.77. The fraction of sp³-hybridized carbons (Fsp3) is 0.571. The lowest BCUT2D eigenvalue weighted by Gasteiger charge is -2.37. The minimum atomic E-state index is -0.949. The molecule has 0 bridgehead atoms. The van der Waals surface area contributed by atoms with E-state index in [-0.39, 0.29) is 6.04 Å². The van der Waals surface area contributed by atoms with Crippen LogP contribution >= 0.6 is 0 Å². The highest BCUT2D eigenvalue weighted by Gasteiger charge is 2.39. The van der Waals surface area contributed by atoms with Crippen LogP contribution in [-0.2, 0) is 5.60 Å². The summed E-state index contributed by atoms with van der Waals surface area (Å²) in [6, 6.07) is 5.57. The molecule has 0 aliphatic heterocycles. The van der Waals surface area contributed by atoms with Gasteiger partial charge in [-0.25, -0.2) is 0 Å². The maximum atomic E-state index is 10.9. The van der Waals surface area contributed by atoms with Crippen LogP contribution in [0.3, 0.4) is 0 Å². The topological polar surface area (TPSA) is 64.7 Å². The molecular weight excluding hydrogens is 230 g/mol. The first-order valence-corrected chi connectivity index (χ1v) is 6.30. The molecule has 1 fully saturated rings. The third kappa shape index (κ3) is 2.31. The molecule has 4 heteroatoms. The SMILES string of the molecule is COc1cccc(OC)c1C1(O)CCCC(N)C1. The van der Waals surface area contributed by atoms with Crippen molar-refractivity contribution in [1.82, 2.24) is 0 Å². The summed E-state index contributed by atoms with van der Waals surface area (Å²) in [4.78, 5) is 0. The highest BCUT2D eigenvalue weighted by atomic mass is 16.5. The van der Waals surface area contributed by atoms with Gasteiger partial charge in [-0.1, -0.05) is 6.07 Å². The molecule has 0 heterocycles. The predicted octanol–water partition coefficient (Wildman–Crippen LogP) is 1.79. The third-order valence-electron chi connectivity index (χ3n) is 3.66. The van der Waals surface area contributed by atoms with Gasteiger partial charge in [0.2, 0.25) is 0 Å². The van der Waals surface area contributed by atoms with Gasteiger partial charge in [0.25, 0.3) is 0 Å². The van der Waals surface area contributed by atoms with E-state index in [0.29, 0.717) is 24.3 Å². The van der Waals surface area contributed by atoms with E-state index < -0.39 is 5.60 Å². The van der Waals surface area contributed by atoms with Gasteiger partial charge < -0.3 is 20.3 Å². The van der Waals surface area contributed by atoms with Crippen LogP contribution < -0.4 is 15.2 Å². The van der Waals surface area contributed by atoms with Crippen molar-refractivity contribution < 1.29 is 14.6 Å². The molecule has 0 spiro atoms. The van der Waals surface area contributed by atoms with Crippen LogP contribution in [0, 0.1) is 0 Å². The summed E-state index contributed by atoms with van der Waals surface area (Å²) < 4.78 is 10.7. The van der Waals surface area contributed by atoms with Crippen molar-refractivity contribution in [3.8, 4) is 11.5 Å². The normalized spacial score (nSPS) is 27.9. The summed E-state index contributed by atoms with van der Waals surface area (Å²) in [5, 5.41) is 10.9. The second-order valence-corrected chi connectivity index (χ2v) is 4.93. The van der Waals surface area contributed by atoms with E-state index in [9.17, 15) is 5.11 Å². The largest absolute Gasteiger partial charge is 0.496 e. The van der Waals surface area contributed by atoms with E-state index in [4.69, 9.17) is 15.2 Å². The van der Waals surface area contributed by atoms with Gasteiger partial charge in [-0.05, 0) is 37.8 Å². The van der Waals surface area contributed by atoms with E-state index in [2.05, 4.69) is 0 Å². The van der Waals surface area contributed by atoms with Gasteiger partial charge >= 0.3 is 0 Å². The predicted molar refractivity (Wildman–Crippen MR) is 69.9 cm³/mol. The molecule has 0 saturated heterocycles. The van der Waals surface area contributed by atoms with E-state index in [1.807, 2.05) is 18.2 Å². The molecule has 4 nitrogen and oxygen atoms in total. The van der Waals surface area contributed by atoms with Gasteiger partial charge in [0.05, 0.1) is 25.4 Å². The first-order chi connectivity index (χ1) is 8.60. The van der Waals surface area contributed by atoms with Crippen molar-refractivity contribution in [2.75, 3.05) is 14.2 Å². The maximum Gasteiger partial charge on any atom is 0.128 e. The number of methoxy groups -OCH3 is 2. The van der Waals surface area contributed by atoms with Crippen LogP contribution in [0.5, 0.6) is 11.5 Å². The molecule has 0 radical (unpaired) electrons. The number of ether oxygens (including phenoxy) is 2. The molecule has 1 saturated carbocycles. The first kappa shape index (κ1) is 13.2. The molecule has 2 rings (SSSR count). The standard InChI is InChI=1S/C14H21NO3/c1-17-11-6-3-7-12(18-2)13(11)14(16)8-4-5-10(15)9-14/h3,6-7,10,16H,4-5,8-9,15H2,1-2H3. The Kier molecular flexibility index (Phi) is 3.78. The summed E-state index contributed by atoms with van der Waals surface area (Å²) in [6.07, 6.45) is 3.11. The van der Waals surface area contributed by atoms with Crippen molar-refractivity contribution in [3.05, 3.63) is 23.8 Å². The highest BCUT2D eigenvalue weighted by Crippen LogP contribution is 2.45. The van der Waals surface area contributed by atoms with Gasteiger partial charge in [0.15, 0.2) is 0 Å². The van der Waals surface area contributed by atoms with Crippen LogP contribution in [-0.4, -0.2) is 25.4 Å². The van der Waals surface area contributed by atoms with Gasteiger partial charge in [-0.15, -0.1) is 0 Å². The Hall–Kier alpha value is -1.26. The van der Waals surface area contributed by atoms with Crippen LogP contribution in [0.4, 0.5) is 0 Å². The summed E-state index contributed by atoms with van der Waals surface area (Å²) in [7, 11) is 3.20. The molecular formula is C14H21NO3. The van der Waals surface area contributed by atoms with Crippen molar-refractivity contribution in [3.63, 3.8) is 0 Å². The minimum Gasteiger partial charge on any atom is -0.496 e. The second-order valence-electron chi connectivity index (χ2n) is 4.93. The average molecular weight is 251 g/mol. The molecule has 100 valence electrons. The Morgan fingerprint density at radius 3 is 2.39 bits per heavy atom. The third-order valence-corrected chi connectivity index (χ3v) is 3.66. The molecule has 18 heavy (non-hydrogen) atoms. The summed E-state index contributed by atoms with van der Waals surface area (Å²) in [6.45, 7) is 0. The summed E-state index contributed by atoms with van der Waals surface area (Å²) >= 11 is 0. The monoisotopic (exact) mass is 251 g/mol. The number of aliphatic hydroxyl groups is 1. The second kappa shape index (κ2) is 5.16. The molecule has 0 aromatic heterocycles. The first-order valence-electron chi connectivity index (χ1n) is 6.30. The van der Waals surface area contributed by atoms with E-state index in [1.54, 1.807) is 14.2 Å². The molecule has 2 atom stereocenters. The smallest absolute Gasteiger partial charge is 0.128 e. The number of benzene rings is 1. The molecule has 1 aliphatic rings. The zero-order chi connectivity index (χ0) is 13.2. The molecule has 1 aromatic rings. The quantitative estimate of drug-likeness (QED) is 0.859. The zero-order valence-corrected chi connectivity index (χ0v) is 11.0. The number of rotatable bonds is 3. The fourth-order valence-corrected chi connectivity index (χ4v) is 2.83. The molecule has 0 amide bonds. The van der Waals surface area contributed by atoms with Crippen molar-refractivity contribution >= 4 is 0 Å². The van der Waals surface area contributed by atoms with Crippen molar-refractivity contribution in [2.24, 2.45) is 5.73 Å². The molecule has 1 aliphatic carbocycles. The lowest BCUT2D eigenvalue weighted by Crippen LogP contribution is -2.39. The Labute approximate surface area is 108 Å². The maximum absolute atomic E-state index is 10.9. The highest BCUT2D eigenvalue weighted by molar-refractivity contribution is 5.49. The van der Waals surface area contributed by atoms with Gasteiger partial charge in [-0.3, -0.25) is 0 Å². The Morgan fingerprint density at radius 2 is 1.89 bits per heavy atom.